The summed E-state index contributed by atoms with van der Waals surface area (Å²) in [6, 6.07) is 13.4. The van der Waals surface area contributed by atoms with Gasteiger partial charge in [0.15, 0.2) is 0 Å². The summed E-state index contributed by atoms with van der Waals surface area (Å²) in [6.07, 6.45) is 7.86. The lowest BCUT2D eigenvalue weighted by atomic mass is 9.64. The average molecular weight is 678 g/mol. The molecule has 2 bridgehead atoms. The van der Waals surface area contributed by atoms with E-state index in [-0.39, 0.29) is 37.4 Å². The number of hydrogen-bond donors (Lipinski definition) is 1. The third-order valence-electron chi connectivity index (χ3n) is 10.2. The molecule has 0 aromatic heterocycles. The Balaban J connectivity index is 1.56. The summed E-state index contributed by atoms with van der Waals surface area (Å²) in [5.41, 5.74) is -0.750. The molecule has 3 aliphatic rings. The van der Waals surface area contributed by atoms with Gasteiger partial charge in [0.2, 0.25) is 11.8 Å². The highest BCUT2D eigenvalue weighted by Crippen LogP contribution is 2.65. The van der Waals surface area contributed by atoms with E-state index in [9.17, 15) is 19.5 Å². The van der Waals surface area contributed by atoms with E-state index in [0.717, 1.165) is 12.8 Å². The minimum absolute atomic E-state index is 0.110. The number of halogens is 1. The number of ether oxygens (including phenoxy) is 2. The molecule has 3 heterocycles. The molecule has 1 spiro atoms. The third kappa shape index (κ3) is 6.40. The number of rotatable bonds is 17. The maximum atomic E-state index is 14.9. The predicted molar refractivity (Wildman–Crippen MR) is 188 cm³/mol. The van der Waals surface area contributed by atoms with Gasteiger partial charge in [-0.3, -0.25) is 14.4 Å². The van der Waals surface area contributed by atoms with Gasteiger partial charge in [0.25, 0.3) is 5.91 Å². The van der Waals surface area contributed by atoms with Crippen molar-refractivity contribution in [2.45, 2.75) is 76.0 Å². The number of aliphatic hydroxyl groups excluding tert-OH is 1. The number of carbonyl (C=O) groups is 3. The lowest BCUT2D eigenvalue weighted by Crippen LogP contribution is -2.56. The molecule has 3 aliphatic heterocycles. The van der Waals surface area contributed by atoms with Crippen molar-refractivity contribution in [1.82, 2.24) is 4.90 Å². The summed E-state index contributed by atoms with van der Waals surface area (Å²) >= 11 is 6.19. The van der Waals surface area contributed by atoms with Crippen LogP contribution in [0.4, 0.5) is 11.4 Å². The number of amides is 3. The highest BCUT2D eigenvalue weighted by molar-refractivity contribution is 6.30. The molecule has 3 saturated heterocycles. The standard InChI is InChI=1S/C38H48ClN3O6/c1-5-23-40(29-17-19-30(20-18-29)47-8-4)34(44)31-32-35(45)42(25-11-9-10-12-26-43)33(38(32)22-21-37(31,7-3)48-38)36(46)41(24-6-2)28-15-13-27(39)14-16-28/h5-6,13-20,31-33,43H,1-2,7-12,21-26H2,3-4H3/t31-,32-,33?,37+,38?/m0/s1. The number of unbranched alkanes of at least 4 members (excludes halogenated alkanes) is 3. The summed E-state index contributed by atoms with van der Waals surface area (Å²) in [4.78, 5) is 49.5. The second kappa shape index (κ2) is 15.3. The molecule has 3 amide bonds. The fraction of sp³-hybridized carbons (Fsp3) is 0.500. The molecule has 0 saturated carbocycles. The first-order chi connectivity index (χ1) is 23.2. The van der Waals surface area contributed by atoms with Crippen molar-refractivity contribution >= 4 is 40.7 Å². The lowest BCUT2D eigenvalue weighted by Gasteiger charge is -2.37. The average Bonchev–Trinajstić information content (AvgIpc) is 3.70. The van der Waals surface area contributed by atoms with Gasteiger partial charge in [-0.15, -0.1) is 13.2 Å². The van der Waals surface area contributed by atoms with E-state index in [2.05, 4.69) is 13.2 Å². The van der Waals surface area contributed by atoms with Crippen molar-refractivity contribution in [3.05, 3.63) is 78.9 Å². The number of hydrogen-bond acceptors (Lipinski definition) is 6. The van der Waals surface area contributed by atoms with E-state index in [1.165, 1.54) is 0 Å². The number of aliphatic hydroxyl groups is 1. The molecular formula is C38H48ClN3O6. The van der Waals surface area contributed by atoms with E-state index < -0.39 is 29.1 Å². The zero-order valence-corrected chi connectivity index (χ0v) is 28.9. The van der Waals surface area contributed by atoms with Gasteiger partial charge in [-0.05, 0) is 87.6 Å². The van der Waals surface area contributed by atoms with Crippen LogP contribution in [0.1, 0.15) is 58.8 Å². The Morgan fingerprint density at radius 2 is 1.56 bits per heavy atom. The van der Waals surface area contributed by atoms with Gasteiger partial charge in [0.05, 0.1) is 24.0 Å². The molecule has 9 nitrogen and oxygen atoms in total. The SMILES string of the molecule is C=CCN(C(=O)C1N(CCCCCCO)C(=O)[C@@H]2[C@@H](C(=O)N(CC=C)c3ccc(OCC)cc3)[C@@]3(CC)CCC12O3)c1ccc(Cl)cc1. The van der Waals surface area contributed by atoms with Crippen molar-refractivity contribution in [3.63, 3.8) is 0 Å². The zero-order chi connectivity index (χ0) is 34.5. The minimum atomic E-state index is -1.17. The molecule has 0 radical (unpaired) electrons. The minimum Gasteiger partial charge on any atom is -0.494 e. The summed E-state index contributed by atoms with van der Waals surface area (Å²) < 4.78 is 12.7. The normalized spacial score (nSPS) is 25.5. The smallest absolute Gasteiger partial charge is 0.253 e. The molecule has 5 atom stereocenters. The monoisotopic (exact) mass is 677 g/mol. The Kier molecular flexibility index (Phi) is 11.3. The maximum absolute atomic E-state index is 14.9. The van der Waals surface area contributed by atoms with Crippen LogP contribution in [-0.2, 0) is 19.1 Å². The van der Waals surface area contributed by atoms with Crippen LogP contribution in [-0.4, -0.2) is 77.8 Å². The van der Waals surface area contributed by atoms with Crippen LogP contribution in [0.25, 0.3) is 0 Å². The molecule has 1 N–H and O–H groups in total. The second-order valence-corrected chi connectivity index (χ2v) is 13.3. The van der Waals surface area contributed by atoms with Crippen LogP contribution in [0.5, 0.6) is 5.75 Å². The van der Waals surface area contributed by atoms with Crippen LogP contribution in [0.15, 0.2) is 73.8 Å². The molecule has 3 fully saturated rings. The van der Waals surface area contributed by atoms with E-state index in [0.29, 0.717) is 67.4 Å². The zero-order valence-electron chi connectivity index (χ0n) is 28.1. The molecule has 2 aromatic rings. The first kappa shape index (κ1) is 35.6. The number of benzene rings is 2. The van der Waals surface area contributed by atoms with Crippen molar-refractivity contribution < 1.29 is 29.0 Å². The highest BCUT2D eigenvalue weighted by atomic mass is 35.5. The molecule has 2 aromatic carbocycles. The fourth-order valence-corrected chi connectivity index (χ4v) is 8.22. The Labute approximate surface area is 289 Å². The van der Waals surface area contributed by atoms with Crippen molar-refractivity contribution in [2.24, 2.45) is 11.8 Å². The largest absolute Gasteiger partial charge is 0.494 e. The number of fused-ring (bicyclic) bond motifs is 1. The van der Waals surface area contributed by atoms with Crippen LogP contribution in [0.2, 0.25) is 5.02 Å². The number of nitrogens with zero attached hydrogens (tertiary/aromatic N) is 3. The Hall–Kier alpha value is -3.66. The van der Waals surface area contributed by atoms with Gasteiger partial charge >= 0.3 is 0 Å². The van der Waals surface area contributed by atoms with Crippen LogP contribution < -0.4 is 14.5 Å². The van der Waals surface area contributed by atoms with Crippen molar-refractivity contribution in [2.75, 3.05) is 42.6 Å². The van der Waals surface area contributed by atoms with Crippen molar-refractivity contribution in [3.8, 4) is 5.75 Å². The summed E-state index contributed by atoms with van der Waals surface area (Å²) in [6.45, 7) is 13.2. The molecule has 0 aliphatic carbocycles. The summed E-state index contributed by atoms with van der Waals surface area (Å²) in [5, 5.41) is 9.83. The van der Waals surface area contributed by atoms with Crippen LogP contribution >= 0.6 is 11.6 Å². The van der Waals surface area contributed by atoms with E-state index >= 15 is 0 Å². The molecular weight excluding hydrogens is 630 g/mol. The van der Waals surface area contributed by atoms with E-state index in [1.54, 1.807) is 51.1 Å². The molecule has 258 valence electrons. The summed E-state index contributed by atoms with van der Waals surface area (Å²) in [5.74, 6) is -1.60. The molecule has 48 heavy (non-hydrogen) atoms. The van der Waals surface area contributed by atoms with Crippen LogP contribution in [0, 0.1) is 11.8 Å². The van der Waals surface area contributed by atoms with Gasteiger partial charge in [-0.25, -0.2) is 0 Å². The lowest BCUT2D eigenvalue weighted by molar-refractivity contribution is -0.146. The second-order valence-electron chi connectivity index (χ2n) is 12.9. The number of likely N-dealkylation sites (tertiary alicyclic amines) is 1. The Morgan fingerprint density at radius 3 is 2.15 bits per heavy atom. The van der Waals surface area contributed by atoms with E-state index in [4.69, 9.17) is 21.1 Å². The quantitative estimate of drug-likeness (QED) is 0.159. The van der Waals surface area contributed by atoms with E-state index in [1.807, 2.05) is 38.1 Å². The Morgan fingerprint density at radius 1 is 0.958 bits per heavy atom. The molecule has 5 rings (SSSR count). The number of carbonyl (C=O) groups excluding carboxylic acids is 3. The summed E-state index contributed by atoms with van der Waals surface area (Å²) in [7, 11) is 0. The molecule has 2 unspecified atom stereocenters. The molecule has 10 heteroatoms. The van der Waals surface area contributed by atoms with Gasteiger partial charge < -0.3 is 29.3 Å². The highest BCUT2D eigenvalue weighted by Gasteiger charge is 2.79. The topological polar surface area (TPSA) is 99.6 Å². The fourth-order valence-electron chi connectivity index (χ4n) is 8.09. The number of anilines is 2. The van der Waals surface area contributed by atoms with Crippen LogP contribution in [0.3, 0.4) is 0 Å². The van der Waals surface area contributed by atoms with Gasteiger partial charge in [0, 0.05) is 42.6 Å². The van der Waals surface area contributed by atoms with Gasteiger partial charge in [0.1, 0.15) is 17.4 Å². The predicted octanol–water partition coefficient (Wildman–Crippen LogP) is 6.18. The maximum Gasteiger partial charge on any atom is 0.253 e. The first-order valence-corrected chi connectivity index (χ1v) is 17.5. The van der Waals surface area contributed by atoms with Gasteiger partial charge in [-0.2, -0.15) is 0 Å². The Bertz CT molecular complexity index is 1480. The third-order valence-corrected chi connectivity index (χ3v) is 10.5. The van der Waals surface area contributed by atoms with Gasteiger partial charge in [-0.1, -0.05) is 43.5 Å². The first-order valence-electron chi connectivity index (χ1n) is 17.2. The van der Waals surface area contributed by atoms with Crippen molar-refractivity contribution in [1.29, 1.82) is 0 Å².